The molecule has 2 aromatic rings. The Bertz CT molecular complexity index is 594. The number of halogens is 2. The van der Waals surface area contributed by atoms with Gasteiger partial charge in [0.25, 0.3) is 0 Å². The van der Waals surface area contributed by atoms with Crippen molar-refractivity contribution in [3.8, 4) is 11.5 Å². The molecule has 1 N–H and O–H groups in total. The molecule has 2 aromatic carbocycles. The molecular weight excluding hydrogens is 311 g/mol. The fourth-order valence-corrected chi connectivity index (χ4v) is 2.37. The molecule has 0 spiro atoms. The van der Waals surface area contributed by atoms with Crippen LogP contribution < -0.4 is 9.47 Å². The maximum absolute atomic E-state index is 9.17. The molecule has 112 valence electrons. The highest BCUT2D eigenvalue weighted by atomic mass is 35.5. The minimum atomic E-state index is -0.0449. The van der Waals surface area contributed by atoms with Gasteiger partial charge in [0.1, 0.15) is 6.61 Å². The Labute approximate surface area is 134 Å². The summed E-state index contributed by atoms with van der Waals surface area (Å²) in [6, 6.07) is 10.6. The standard InChI is InChI=1S/C16H16Cl2O3/c1-2-20-16-8-11(9-19)6-7-15(16)21-10-12-13(17)4-3-5-14(12)18/h3-8,19H,2,9-10H2,1H3. The third-order valence-corrected chi connectivity index (χ3v) is 3.63. The Balaban J connectivity index is 2.19. The molecule has 0 aliphatic rings. The van der Waals surface area contributed by atoms with E-state index >= 15 is 0 Å². The number of ether oxygens (including phenoxy) is 2. The van der Waals surface area contributed by atoms with Gasteiger partial charge >= 0.3 is 0 Å². The zero-order chi connectivity index (χ0) is 15.2. The summed E-state index contributed by atoms with van der Waals surface area (Å²) in [6.07, 6.45) is 0. The van der Waals surface area contributed by atoms with Gasteiger partial charge in [-0.15, -0.1) is 0 Å². The van der Waals surface area contributed by atoms with E-state index in [4.69, 9.17) is 32.7 Å². The number of hydrogen-bond acceptors (Lipinski definition) is 3. The van der Waals surface area contributed by atoms with Crippen LogP contribution in [0.4, 0.5) is 0 Å². The van der Waals surface area contributed by atoms with E-state index in [0.29, 0.717) is 28.2 Å². The van der Waals surface area contributed by atoms with Gasteiger partial charge in [-0.1, -0.05) is 35.3 Å². The SMILES string of the molecule is CCOc1cc(CO)ccc1OCc1c(Cl)cccc1Cl. The molecule has 0 saturated carbocycles. The molecule has 21 heavy (non-hydrogen) atoms. The van der Waals surface area contributed by atoms with Crippen molar-refractivity contribution in [1.29, 1.82) is 0 Å². The van der Waals surface area contributed by atoms with Crippen molar-refractivity contribution < 1.29 is 14.6 Å². The van der Waals surface area contributed by atoms with Crippen LogP contribution >= 0.6 is 23.2 Å². The molecular formula is C16H16Cl2O3. The predicted molar refractivity (Wildman–Crippen MR) is 84.3 cm³/mol. The van der Waals surface area contributed by atoms with E-state index in [1.165, 1.54) is 0 Å². The van der Waals surface area contributed by atoms with E-state index in [0.717, 1.165) is 11.1 Å². The summed E-state index contributed by atoms with van der Waals surface area (Å²) in [6.45, 7) is 2.60. The highest BCUT2D eigenvalue weighted by molar-refractivity contribution is 6.35. The van der Waals surface area contributed by atoms with Crippen LogP contribution in [-0.4, -0.2) is 11.7 Å². The number of rotatable bonds is 6. The minimum absolute atomic E-state index is 0.0449. The minimum Gasteiger partial charge on any atom is -0.490 e. The average Bonchev–Trinajstić information content (AvgIpc) is 2.48. The van der Waals surface area contributed by atoms with Crippen molar-refractivity contribution in [3.63, 3.8) is 0 Å². The molecule has 0 heterocycles. The van der Waals surface area contributed by atoms with E-state index in [-0.39, 0.29) is 13.2 Å². The van der Waals surface area contributed by atoms with E-state index in [1.807, 2.05) is 6.92 Å². The van der Waals surface area contributed by atoms with Crippen LogP contribution in [0, 0.1) is 0 Å². The Kier molecular flexibility index (Phi) is 5.74. The molecule has 0 aliphatic heterocycles. The van der Waals surface area contributed by atoms with Crippen molar-refractivity contribution in [2.75, 3.05) is 6.61 Å². The van der Waals surface area contributed by atoms with Crippen molar-refractivity contribution in [2.24, 2.45) is 0 Å². The zero-order valence-corrected chi connectivity index (χ0v) is 13.1. The Hall–Kier alpha value is -1.42. The van der Waals surface area contributed by atoms with E-state index in [1.54, 1.807) is 36.4 Å². The monoisotopic (exact) mass is 326 g/mol. The molecule has 0 aliphatic carbocycles. The van der Waals surface area contributed by atoms with Crippen molar-refractivity contribution in [2.45, 2.75) is 20.1 Å². The van der Waals surface area contributed by atoms with Gasteiger partial charge in [-0.25, -0.2) is 0 Å². The van der Waals surface area contributed by atoms with E-state index in [2.05, 4.69) is 0 Å². The van der Waals surface area contributed by atoms with Crippen LogP contribution in [0.15, 0.2) is 36.4 Å². The van der Waals surface area contributed by atoms with Gasteiger partial charge in [-0.3, -0.25) is 0 Å². The second kappa shape index (κ2) is 7.55. The first kappa shape index (κ1) is 16.0. The molecule has 0 fully saturated rings. The summed E-state index contributed by atoms with van der Waals surface area (Å²) in [5.74, 6) is 1.18. The van der Waals surface area contributed by atoms with Gasteiger partial charge in [-0.2, -0.15) is 0 Å². The lowest BCUT2D eigenvalue weighted by atomic mass is 10.2. The lowest BCUT2D eigenvalue weighted by Crippen LogP contribution is -2.01. The zero-order valence-electron chi connectivity index (χ0n) is 11.6. The summed E-state index contributed by atoms with van der Waals surface area (Å²) >= 11 is 12.2. The molecule has 0 bridgehead atoms. The van der Waals surface area contributed by atoms with Crippen molar-refractivity contribution in [3.05, 3.63) is 57.6 Å². The lowest BCUT2D eigenvalue weighted by Gasteiger charge is -2.14. The maximum Gasteiger partial charge on any atom is 0.161 e. The number of aliphatic hydroxyl groups is 1. The fourth-order valence-electron chi connectivity index (χ4n) is 1.86. The maximum atomic E-state index is 9.17. The van der Waals surface area contributed by atoms with Crippen LogP contribution in [-0.2, 0) is 13.2 Å². The molecule has 5 heteroatoms. The number of hydrogen-bond donors (Lipinski definition) is 1. The molecule has 0 atom stereocenters. The van der Waals surface area contributed by atoms with E-state index in [9.17, 15) is 5.11 Å². The topological polar surface area (TPSA) is 38.7 Å². The highest BCUT2D eigenvalue weighted by Crippen LogP contribution is 2.31. The first-order valence-electron chi connectivity index (χ1n) is 6.58. The van der Waals surface area contributed by atoms with Crippen LogP contribution in [0.25, 0.3) is 0 Å². The molecule has 2 rings (SSSR count). The summed E-state index contributed by atoms with van der Waals surface area (Å²) in [4.78, 5) is 0. The second-order valence-electron chi connectivity index (χ2n) is 4.36. The van der Waals surface area contributed by atoms with Gasteiger partial charge < -0.3 is 14.6 Å². The Morgan fingerprint density at radius 2 is 1.71 bits per heavy atom. The van der Waals surface area contributed by atoms with Gasteiger partial charge in [0, 0.05) is 15.6 Å². The Morgan fingerprint density at radius 1 is 1.00 bits per heavy atom. The van der Waals surface area contributed by atoms with Crippen LogP contribution in [0.5, 0.6) is 11.5 Å². The molecule has 0 saturated heterocycles. The second-order valence-corrected chi connectivity index (χ2v) is 5.18. The van der Waals surface area contributed by atoms with Crippen LogP contribution in [0.2, 0.25) is 10.0 Å². The molecule has 0 amide bonds. The summed E-state index contributed by atoms with van der Waals surface area (Å²) in [5, 5.41) is 10.3. The average molecular weight is 327 g/mol. The highest BCUT2D eigenvalue weighted by Gasteiger charge is 2.10. The lowest BCUT2D eigenvalue weighted by molar-refractivity contribution is 0.264. The summed E-state index contributed by atoms with van der Waals surface area (Å²) in [5.41, 5.74) is 1.50. The normalized spacial score (nSPS) is 10.5. The summed E-state index contributed by atoms with van der Waals surface area (Å²) in [7, 11) is 0. The molecule has 0 unspecified atom stereocenters. The molecule has 3 nitrogen and oxygen atoms in total. The molecule has 0 radical (unpaired) electrons. The van der Waals surface area contributed by atoms with Crippen molar-refractivity contribution >= 4 is 23.2 Å². The predicted octanol–water partition coefficient (Wildman–Crippen LogP) is 4.46. The largest absolute Gasteiger partial charge is 0.490 e. The third kappa shape index (κ3) is 4.03. The van der Waals surface area contributed by atoms with Gasteiger partial charge in [-0.05, 0) is 36.8 Å². The Morgan fingerprint density at radius 3 is 2.33 bits per heavy atom. The number of benzene rings is 2. The van der Waals surface area contributed by atoms with E-state index < -0.39 is 0 Å². The quantitative estimate of drug-likeness (QED) is 0.851. The van der Waals surface area contributed by atoms with Gasteiger partial charge in [0.15, 0.2) is 11.5 Å². The van der Waals surface area contributed by atoms with Crippen LogP contribution in [0.3, 0.4) is 0 Å². The smallest absolute Gasteiger partial charge is 0.161 e. The van der Waals surface area contributed by atoms with Gasteiger partial charge in [0.05, 0.1) is 13.2 Å². The van der Waals surface area contributed by atoms with Crippen molar-refractivity contribution in [1.82, 2.24) is 0 Å². The van der Waals surface area contributed by atoms with Gasteiger partial charge in [0.2, 0.25) is 0 Å². The first-order chi connectivity index (χ1) is 10.2. The third-order valence-electron chi connectivity index (χ3n) is 2.92. The fraction of sp³-hybridized carbons (Fsp3) is 0.250. The van der Waals surface area contributed by atoms with Crippen LogP contribution in [0.1, 0.15) is 18.1 Å². The number of aliphatic hydroxyl groups excluding tert-OH is 1. The molecule has 0 aromatic heterocycles. The summed E-state index contributed by atoms with van der Waals surface area (Å²) < 4.78 is 11.3. The first-order valence-corrected chi connectivity index (χ1v) is 7.33.